The van der Waals surface area contributed by atoms with E-state index >= 15 is 0 Å². The van der Waals surface area contributed by atoms with Crippen molar-refractivity contribution in [1.29, 1.82) is 0 Å². The van der Waals surface area contributed by atoms with Gasteiger partial charge in [0.05, 0.1) is 19.2 Å². The topological polar surface area (TPSA) is 70.1 Å². The van der Waals surface area contributed by atoms with Crippen molar-refractivity contribution < 1.29 is 9.53 Å². The normalized spacial score (nSPS) is 10.5. The summed E-state index contributed by atoms with van der Waals surface area (Å²) in [4.78, 5) is 16.6. The van der Waals surface area contributed by atoms with Gasteiger partial charge in [-0.3, -0.25) is 4.79 Å². The fourth-order valence-electron chi connectivity index (χ4n) is 2.16. The summed E-state index contributed by atoms with van der Waals surface area (Å²) in [5.74, 6) is 1.23. The summed E-state index contributed by atoms with van der Waals surface area (Å²) >= 11 is 0. The number of nitrogens with zero attached hydrogens (tertiary/aromatic N) is 2. The van der Waals surface area contributed by atoms with Crippen LogP contribution in [0.1, 0.15) is 29.5 Å². The molecule has 2 rings (SSSR count). The van der Waals surface area contributed by atoms with Crippen molar-refractivity contribution in [3.05, 3.63) is 42.0 Å². The van der Waals surface area contributed by atoms with Crippen molar-refractivity contribution in [2.45, 2.75) is 26.3 Å². The van der Waals surface area contributed by atoms with Crippen LogP contribution >= 0.6 is 0 Å². The molecule has 0 amide bonds. The number of carbonyl (C=O) groups is 1. The molecule has 1 aromatic carbocycles. The van der Waals surface area contributed by atoms with E-state index in [4.69, 9.17) is 10.5 Å². The highest BCUT2D eigenvalue weighted by Gasteiger charge is 2.15. The van der Waals surface area contributed by atoms with Crippen molar-refractivity contribution >= 4 is 11.5 Å². The number of methoxy groups -OCH3 is 1. The Balaban J connectivity index is 2.22. The molecule has 1 heterocycles. The van der Waals surface area contributed by atoms with Gasteiger partial charge in [-0.1, -0.05) is 13.0 Å². The smallest absolute Gasteiger partial charge is 0.172 e. The number of aromatic nitrogens is 2. The monoisotopic (exact) mass is 273 g/mol. The van der Waals surface area contributed by atoms with Gasteiger partial charge in [0.1, 0.15) is 11.6 Å². The maximum Gasteiger partial charge on any atom is 0.172 e. The summed E-state index contributed by atoms with van der Waals surface area (Å²) in [5.41, 5.74) is 6.81. The summed E-state index contributed by atoms with van der Waals surface area (Å²) < 4.78 is 7.13. The van der Waals surface area contributed by atoms with Gasteiger partial charge in [0, 0.05) is 24.5 Å². The molecule has 0 aliphatic heterocycles. The van der Waals surface area contributed by atoms with Crippen LogP contribution in [0.25, 0.3) is 0 Å². The highest BCUT2D eigenvalue weighted by atomic mass is 16.5. The maximum absolute atomic E-state index is 12.4. The van der Waals surface area contributed by atoms with Gasteiger partial charge in [-0.05, 0) is 18.6 Å². The molecule has 0 aliphatic rings. The van der Waals surface area contributed by atoms with Gasteiger partial charge in [-0.2, -0.15) is 0 Å². The first kappa shape index (κ1) is 14.1. The summed E-state index contributed by atoms with van der Waals surface area (Å²) in [6.07, 6.45) is 4.84. The molecule has 0 aliphatic carbocycles. The lowest BCUT2D eigenvalue weighted by Gasteiger charge is -2.10. The van der Waals surface area contributed by atoms with Crippen LogP contribution in [0.3, 0.4) is 0 Å². The summed E-state index contributed by atoms with van der Waals surface area (Å²) in [5, 5.41) is 0. The quantitative estimate of drug-likeness (QED) is 0.647. The van der Waals surface area contributed by atoms with Crippen molar-refractivity contribution in [1.82, 2.24) is 9.55 Å². The number of aryl methyl sites for hydroxylation is 1. The van der Waals surface area contributed by atoms with Gasteiger partial charge in [0.2, 0.25) is 0 Å². The van der Waals surface area contributed by atoms with Crippen molar-refractivity contribution in [3.8, 4) is 5.75 Å². The zero-order chi connectivity index (χ0) is 14.5. The van der Waals surface area contributed by atoms with E-state index in [-0.39, 0.29) is 12.2 Å². The third kappa shape index (κ3) is 2.82. The van der Waals surface area contributed by atoms with Crippen LogP contribution in [0.5, 0.6) is 5.75 Å². The Labute approximate surface area is 118 Å². The second-order valence-corrected chi connectivity index (χ2v) is 4.56. The third-order valence-electron chi connectivity index (χ3n) is 3.17. The first-order chi connectivity index (χ1) is 9.67. The molecule has 20 heavy (non-hydrogen) atoms. The summed E-state index contributed by atoms with van der Waals surface area (Å²) in [6.45, 7) is 2.95. The number of ether oxygens (including phenoxy) is 1. The highest BCUT2D eigenvalue weighted by molar-refractivity contribution is 6.02. The predicted molar refractivity (Wildman–Crippen MR) is 78.0 cm³/mol. The average molecular weight is 273 g/mol. The van der Waals surface area contributed by atoms with E-state index in [9.17, 15) is 4.79 Å². The maximum atomic E-state index is 12.4. The number of Topliss-reactive ketones (excluding diaryl/α,β-unsaturated/α-hetero) is 1. The van der Waals surface area contributed by atoms with Crippen molar-refractivity contribution in [3.63, 3.8) is 0 Å². The molecule has 0 atom stereocenters. The lowest BCUT2D eigenvalue weighted by molar-refractivity contribution is 0.0990. The summed E-state index contributed by atoms with van der Waals surface area (Å²) in [6, 6.07) is 5.22. The predicted octanol–water partition coefficient (Wildman–Crippen LogP) is 2.31. The first-order valence-corrected chi connectivity index (χ1v) is 6.63. The molecule has 0 saturated heterocycles. The second-order valence-electron chi connectivity index (χ2n) is 4.56. The van der Waals surface area contributed by atoms with Gasteiger partial charge in [0.15, 0.2) is 5.78 Å². The summed E-state index contributed by atoms with van der Waals surface area (Å²) in [7, 11) is 1.54. The first-order valence-electron chi connectivity index (χ1n) is 6.63. The van der Waals surface area contributed by atoms with Crippen LogP contribution in [-0.2, 0) is 13.0 Å². The highest BCUT2D eigenvalue weighted by Crippen LogP contribution is 2.25. The number of anilines is 1. The van der Waals surface area contributed by atoms with Crippen LogP contribution in [-0.4, -0.2) is 22.4 Å². The Hall–Kier alpha value is -2.30. The number of hydrogen-bond acceptors (Lipinski definition) is 4. The molecule has 1 aromatic heterocycles. The number of benzene rings is 1. The Morgan fingerprint density at radius 3 is 2.95 bits per heavy atom. The molecule has 2 aromatic rings. The number of hydrogen-bond donors (Lipinski definition) is 1. The number of nitrogens with two attached hydrogens (primary N) is 1. The second kappa shape index (κ2) is 6.23. The number of rotatable bonds is 6. The number of para-hydroxylation sites is 1. The zero-order valence-electron chi connectivity index (χ0n) is 11.8. The minimum atomic E-state index is -0.0510. The fraction of sp³-hybridized carbons (Fsp3) is 0.333. The number of ketones is 1. The van der Waals surface area contributed by atoms with Crippen LogP contribution in [0.15, 0.2) is 30.6 Å². The Morgan fingerprint density at radius 2 is 2.25 bits per heavy atom. The molecular weight excluding hydrogens is 254 g/mol. The number of carbonyl (C=O) groups excluding carboxylic acids is 1. The SMILES string of the molecule is CCCn1ccnc1CC(=O)c1cccc(OC)c1N. The molecule has 0 fully saturated rings. The van der Waals surface area contributed by atoms with Gasteiger partial charge in [0.25, 0.3) is 0 Å². The fourth-order valence-corrected chi connectivity index (χ4v) is 2.16. The van der Waals surface area contributed by atoms with Crippen LogP contribution < -0.4 is 10.5 Å². The van der Waals surface area contributed by atoms with Gasteiger partial charge in [-0.15, -0.1) is 0 Å². The largest absolute Gasteiger partial charge is 0.495 e. The van der Waals surface area contributed by atoms with Crippen molar-refractivity contribution in [2.75, 3.05) is 12.8 Å². The van der Waals surface area contributed by atoms with E-state index in [1.807, 2.05) is 10.8 Å². The molecule has 0 radical (unpaired) electrons. The molecule has 2 N–H and O–H groups in total. The average Bonchev–Trinajstić information content (AvgIpc) is 2.86. The van der Waals surface area contributed by atoms with Crippen LogP contribution in [0.2, 0.25) is 0 Å². The van der Waals surface area contributed by atoms with Crippen LogP contribution in [0, 0.1) is 0 Å². The number of nitrogen functional groups attached to an aromatic ring is 1. The van der Waals surface area contributed by atoms with E-state index in [1.165, 1.54) is 7.11 Å². The van der Waals surface area contributed by atoms with Crippen LogP contribution in [0.4, 0.5) is 5.69 Å². The molecular formula is C15H19N3O2. The van der Waals surface area contributed by atoms with E-state index in [1.54, 1.807) is 24.4 Å². The van der Waals surface area contributed by atoms with E-state index < -0.39 is 0 Å². The molecule has 0 spiro atoms. The standard InChI is InChI=1S/C15H19N3O2/c1-3-8-18-9-7-17-14(18)10-12(19)11-5-4-6-13(20-2)15(11)16/h4-7,9H,3,8,10,16H2,1-2H3. The molecule has 106 valence electrons. The lowest BCUT2D eigenvalue weighted by atomic mass is 10.1. The van der Waals surface area contributed by atoms with Gasteiger partial charge in [-0.25, -0.2) is 4.98 Å². The molecule has 0 bridgehead atoms. The van der Waals surface area contributed by atoms with E-state index in [0.717, 1.165) is 18.8 Å². The van der Waals surface area contributed by atoms with Gasteiger partial charge >= 0.3 is 0 Å². The Morgan fingerprint density at radius 1 is 1.45 bits per heavy atom. The molecule has 0 unspecified atom stereocenters. The molecule has 5 heteroatoms. The minimum absolute atomic E-state index is 0.0510. The van der Waals surface area contributed by atoms with Gasteiger partial charge < -0.3 is 15.0 Å². The van der Waals surface area contributed by atoms with E-state index in [2.05, 4.69) is 11.9 Å². The zero-order valence-corrected chi connectivity index (χ0v) is 11.8. The minimum Gasteiger partial charge on any atom is -0.495 e. The number of imidazole rings is 1. The Kier molecular flexibility index (Phi) is 4.40. The Bertz CT molecular complexity index is 605. The lowest BCUT2D eigenvalue weighted by Crippen LogP contribution is -2.12. The van der Waals surface area contributed by atoms with Crippen molar-refractivity contribution in [2.24, 2.45) is 0 Å². The molecule has 5 nitrogen and oxygen atoms in total. The third-order valence-corrected chi connectivity index (χ3v) is 3.17. The van der Waals surface area contributed by atoms with E-state index in [0.29, 0.717) is 17.0 Å². The molecule has 0 saturated carbocycles.